The standard InChI is InChI=1S/C19H21ClN2O5/c1-4-26-18-15(20)9-13(10-16(18)25-3)19(24)22-21-17(23)11-27-14-7-5-6-12(2)8-14/h5-10H,4,11H2,1-3H3,(H,21,23)(H,22,24). The molecule has 0 unspecified atom stereocenters. The van der Waals surface area contributed by atoms with Crippen molar-refractivity contribution in [3.63, 3.8) is 0 Å². The predicted octanol–water partition coefficient (Wildman–Crippen LogP) is 2.90. The van der Waals surface area contributed by atoms with Gasteiger partial charge in [-0.05, 0) is 43.7 Å². The summed E-state index contributed by atoms with van der Waals surface area (Å²) in [6.07, 6.45) is 0. The molecule has 2 amide bonds. The van der Waals surface area contributed by atoms with Gasteiger partial charge in [-0.3, -0.25) is 20.4 Å². The third-order valence-electron chi connectivity index (χ3n) is 3.46. The second kappa shape index (κ2) is 9.68. The Morgan fingerprint density at radius 2 is 1.89 bits per heavy atom. The highest BCUT2D eigenvalue weighted by Gasteiger charge is 2.16. The molecule has 7 nitrogen and oxygen atoms in total. The molecule has 0 aliphatic rings. The van der Waals surface area contributed by atoms with Crippen LogP contribution in [0.3, 0.4) is 0 Å². The zero-order valence-electron chi connectivity index (χ0n) is 15.3. The van der Waals surface area contributed by atoms with Crippen LogP contribution in [0, 0.1) is 6.92 Å². The summed E-state index contributed by atoms with van der Waals surface area (Å²) in [5.41, 5.74) is 5.81. The monoisotopic (exact) mass is 392 g/mol. The number of methoxy groups -OCH3 is 1. The Labute approximate surface area is 162 Å². The Kier molecular flexibility index (Phi) is 7.31. The minimum absolute atomic E-state index is 0.209. The molecule has 8 heteroatoms. The maximum absolute atomic E-state index is 12.2. The van der Waals surface area contributed by atoms with Gasteiger partial charge >= 0.3 is 0 Å². The van der Waals surface area contributed by atoms with E-state index in [-0.39, 0.29) is 17.2 Å². The molecule has 0 bridgehead atoms. The van der Waals surface area contributed by atoms with Crippen molar-refractivity contribution in [1.29, 1.82) is 0 Å². The molecular formula is C19H21ClN2O5. The van der Waals surface area contributed by atoms with Crippen LogP contribution in [0.15, 0.2) is 36.4 Å². The highest BCUT2D eigenvalue weighted by molar-refractivity contribution is 6.32. The molecule has 0 heterocycles. The van der Waals surface area contributed by atoms with Crippen molar-refractivity contribution >= 4 is 23.4 Å². The molecule has 0 saturated carbocycles. The first-order valence-corrected chi connectivity index (χ1v) is 8.61. The Hall–Kier alpha value is -2.93. The molecule has 0 aliphatic carbocycles. The second-order valence-corrected chi connectivity index (χ2v) is 5.94. The van der Waals surface area contributed by atoms with E-state index < -0.39 is 11.8 Å². The van der Waals surface area contributed by atoms with Gasteiger partial charge in [0.15, 0.2) is 18.1 Å². The minimum Gasteiger partial charge on any atom is -0.493 e. The van der Waals surface area contributed by atoms with Gasteiger partial charge in [-0.1, -0.05) is 23.7 Å². The maximum Gasteiger partial charge on any atom is 0.276 e. The van der Waals surface area contributed by atoms with Gasteiger partial charge in [0.25, 0.3) is 11.8 Å². The molecule has 0 aromatic heterocycles. The van der Waals surface area contributed by atoms with Gasteiger partial charge in [-0.25, -0.2) is 0 Å². The fraction of sp³-hybridized carbons (Fsp3) is 0.263. The number of nitrogens with one attached hydrogen (secondary N) is 2. The Morgan fingerprint density at radius 3 is 2.56 bits per heavy atom. The number of carbonyl (C=O) groups is 2. The summed E-state index contributed by atoms with van der Waals surface area (Å²) in [5.74, 6) is 0.188. The quantitative estimate of drug-likeness (QED) is 0.707. The van der Waals surface area contributed by atoms with Crippen LogP contribution in [0.25, 0.3) is 0 Å². The van der Waals surface area contributed by atoms with Crippen molar-refractivity contribution in [1.82, 2.24) is 10.9 Å². The average Bonchev–Trinajstić information content (AvgIpc) is 2.66. The number of benzene rings is 2. The van der Waals surface area contributed by atoms with E-state index in [0.717, 1.165) is 5.56 Å². The lowest BCUT2D eigenvalue weighted by molar-refractivity contribution is -0.123. The minimum atomic E-state index is -0.554. The van der Waals surface area contributed by atoms with Gasteiger partial charge in [0.1, 0.15) is 5.75 Å². The lowest BCUT2D eigenvalue weighted by atomic mass is 10.2. The van der Waals surface area contributed by atoms with E-state index in [1.54, 1.807) is 12.1 Å². The third kappa shape index (κ3) is 5.79. The van der Waals surface area contributed by atoms with E-state index in [1.165, 1.54) is 19.2 Å². The van der Waals surface area contributed by atoms with Gasteiger partial charge in [0, 0.05) is 5.56 Å². The number of carbonyl (C=O) groups excluding carboxylic acids is 2. The van der Waals surface area contributed by atoms with Crippen LogP contribution in [0.4, 0.5) is 0 Å². The van der Waals surface area contributed by atoms with E-state index in [1.807, 2.05) is 26.0 Å². The molecular weight excluding hydrogens is 372 g/mol. The van der Waals surface area contributed by atoms with Crippen molar-refractivity contribution in [2.75, 3.05) is 20.3 Å². The maximum atomic E-state index is 12.2. The molecule has 0 fully saturated rings. The summed E-state index contributed by atoms with van der Waals surface area (Å²) in [7, 11) is 1.44. The molecule has 27 heavy (non-hydrogen) atoms. The molecule has 2 aromatic carbocycles. The number of aryl methyl sites for hydroxylation is 1. The van der Waals surface area contributed by atoms with Gasteiger partial charge in [-0.2, -0.15) is 0 Å². The molecule has 2 rings (SSSR count). The second-order valence-electron chi connectivity index (χ2n) is 5.53. The van der Waals surface area contributed by atoms with E-state index in [0.29, 0.717) is 23.9 Å². The number of hydrogen-bond acceptors (Lipinski definition) is 5. The van der Waals surface area contributed by atoms with Crippen molar-refractivity contribution in [3.8, 4) is 17.2 Å². The topological polar surface area (TPSA) is 85.9 Å². The molecule has 2 N–H and O–H groups in total. The summed E-state index contributed by atoms with van der Waals surface area (Å²) in [4.78, 5) is 24.1. The van der Waals surface area contributed by atoms with Crippen LogP contribution in [0.2, 0.25) is 5.02 Å². The molecule has 0 radical (unpaired) electrons. The van der Waals surface area contributed by atoms with Gasteiger partial charge in [-0.15, -0.1) is 0 Å². The van der Waals surface area contributed by atoms with E-state index >= 15 is 0 Å². The fourth-order valence-corrected chi connectivity index (χ4v) is 2.49. The number of halogens is 1. The van der Waals surface area contributed by atoms with Gasteiger partial charge < -0.3 is 14.2 Å². The van der Waals surface area contributed by atoms with Crippen LogP contribution in [0.5, 0.6) is 17.2 Å². The summed E-state index contributed by atoms with van der Waals surface area (Å²) in [5, 5.41) is 0.232. The van der Waals surface area contributed by atoms with Gasteiger partial charge in [0.2, 0.25) is 0 Å². The Bertz CT molecular complexity index is 826. The highest BCUT2D eigenvalue weighted by atomic mass is 35.5. The van der Waals surface area contributed by atoms with Crippen LogP contribution < -0.4 is 25.1 Å². The van der Waals surface area contributed by atoms with E-state index in [4.69, 9.17) is 25.8 Å². The largest absolute Gasteiger partial charge is 0.493 e. The summed E-state index contributed by atoms with van der Waals surface area (Å²) < 4.78 is 16.0. The lowest BCUT2D eigenvalue weighted by Crippen LogP contribution is -2.43. The first-order chi connectivity index (χ1) is 12.9. The molecule has 2 aromatic rings. The van der Waals surface area contributed by atoms with E-state index in [9.17, 15) is 9.59 Å². The van der Waals surface area contributed by atoms with Crippen LogP contribution in [0.1, 0.15) is 22.8 Å². The van der Waals surface area contributed by atoms with Crippen molar-refractivity contribution in [2.24, 2.45) is 0 Å². The smallest absolute Gasteiger partial charge is 0.276 e. The van der Waals surface area contributed by atoms with Crippen molar-refractivity contribution in [2.45, 2.75) is 13.8 Å². The van der Waals surface area contributed by atoms with Crippen LogP contribution >= 0.6 is 11.6 Å². The van der Waals surface area contributed by atoms with Crippen LogP contribution in [-0.4, -0.2) is 32.1 Å². The first-order valence-electron chi connectivity index (χ1n) is 8.23. The average molecular weight is 393 g/mol. The predicted molar refractivity (Wildman–Crippen MR) is 101 cm³/mol. The van der Waals surface area contributed by atoms with Crippen molar-refractivity contribution < 1.29 is 23.8 Å². The number of hydrazine groups is 1. The number of rotatable bonds is 7. The number of amides is 2. The lowest BCUT2D eigenvalue weighted by Gasteiger charge is -2.13. The summed E-state index contributed by atoms with van der Waals surface area (Å²) >= 11 is 6.14. The fourth-order valence-electron chi connectivity index (χ4n) is 2.22. The SMILES string of the molecule is CCOc1c(Cl)cc(C(=O)NNC(=O)COc2cccc(C)c2)cc1OC. The zero-order valence-corrected chi connectivity index (χ0v) is 16.1. The van der Waals surface area contributed by atoms with E-state index in [2.05, 4.69) is 10.9 Å². The highest BCUT2D eigenvalue weighted by Crippen LogP contribution is 2.36. The van der Waals surface area contributed by atoms with Gasteiger partial charge in [0.05, 0.1) is 18.7 Å². The summed E-state index contributed by atoms with van der Waals surface area (Å²) in [6.45, 7) is 3.89. The first kappa shape index (κ1) is 20.4. The molecule has 0 aliphatic heterocycles. The van der Waals surface area contributed by atoms with Crippen LogP contribution in [-0.2, 0) is 4.79 Å². The zero-order chi connectivity index (χ0) is 19.8. The molecule has 0 spiro atoms. The normalized spacial score (nSPS) is 10.1. The molecule has 144 valence electrons. The number of ether oxygens (including phenoxy) is 3. The number of hydrogen-bond donors (Lipinski definition) is 2. The molecule has 0 saturated heterocycles. The molecule has 0 atom stereocenters. The van der Waals surface area contributed by atoms with Crippen molar-refractivity contribution in [3.05, 3.63) is 52.5 Å². The Morgan fingerprint density at radius 1 is 1.11 bits per heavy atom. The summed E-state index contributed by atoms with van der Waals surface area (Å²) in [6, 6.07) is 10.2. The third-order valence-corrected chi connectivity index (χ3v) is 3.74. The Balaban J connectivity index is 1.93.